The lowest BCUT2D eigenvalue weighted by Crippen LogP contribution is -2.44. The summed E-state index contributed by atoms with van der Waals surface area (Å²) in [4.78, 5) is 21.9. The Morgan fingerprint density at radius 1 is 1.21 bits per heavy atom. The molecule has 1 fully saturated rings. The summed E-state index contributed by atoms with van der Waals surface area (Å²) < 4.78 is 5.62. The molecule has 0 unspecified atom stereocenters. The Hall–Kier alpha value is -3.78. The number of benzene rings is 1. The van der Waals surface area contributed by atoms with Crippen LogP contribution in [0.3, 0.4) is 0 Å². The van der Waals surface area contributed by atoms with Gasteiger partial charge in [-0.1, -0.05) is 30.3 Å². The highest BCUT2D eigenvalue weighted by molar-refractivity contribution is 6.01. The van der Waals surface area contributed by atoms with E-state index in [1.165, 1.54) is 12.5 Å². The fourth-order valence-corrected chi connectivity index (χ4v) is 4.04. The molecule has 8 heteroatoms. The molecule has 3 aromatic heterocycles. The Labute approximate surface area is 199 Å². The van der Waals surface area contributed by atoms with E-state index in [4.69, 9.17) is 9.72 Å². The highest BCUT2D eigenvalue weighted by Gasteiger charge is 2.23. The molecule has 1 aliphatic heterocycles. The Bertz CT molecular complexity index is 1230. The minimum atomic E-state index is 0.0394. The van der Waals surface area contributed by atoms with Gasteiger partial charge in [0.1, 0.15) is 17.0 Å². The van der Waals surface area contributed by atoms with Gasteiger partial charge in [-0.3, -0.25) is 14.9 Å². The lowest BCUT2D eigenvalue weighted by Gasteiger charge is -2.34. The topological polar surface area (TPSA) is 96.0 Å². The molecule has 0 aliphatic carbocycles. The van der Waals surface area contributed by atoms with Crippen molar-refractivity contribution in [1.82, 2.24) is 25.5 Å². The number of aromatic amines is 1. The maximum atomic E-state index is 9.93. The zero-order valence-corrected chi connectivity index (χ0v) is 19.8. The molecule has 34 heavy (non-hydrogen) atoms. The Kier molecular flexibility index (Phi) is 7.49. The molecule has 1 atom stereocenters. The first-order valence-electron chi connectivity index (χ1n) is 11.5. The number of nitrogens with one attached hydrogen (secondary N) is 2. The number of fused-ring (bicyclic) bond motifs is 1. The van der Waals surface area contributed by atoms with Crippen molar-refractivity contribution in [3.63, 3.8) is 0 Å². The van der Waals surface area contributed by atoms with Gasteiger partial charge < -0.3 is 15.0 Å². The monoisotopic (exact) mass is 458 g/mol. The average Bonchev–Trinajstić information content (AvgIpc) is 3.39. The Balaban J connectivity index is 0.000000408. The average molecular weight is 459 g/mol. The summed E-state index contributed by atoms with van der Waals surface area (Å²) in [6, 6.07) is 16.9. The third-order valence-corrected chi connectivity index (χ3v) is 5.64. The molecular formula is C26H30N6O2. The second kappa shape index (κ2) is 10.9. The van der Waals surface area contributed by atoms with E-state index in [0.29, 0.717) is 13.2 Å². The number of anilines is 1. The fraction of sp³-hybridized carbons (Fsp3) is 0.308. The van der Waals surface area contributed by atoms with Gasteiger partial charge in [0.2, 0.25) is 5.91 Å². The van der Waals surface area contributed by atoms with Crippen LogP contribution in [-0.4, -0.2) is 58.4 Å². The van der Waals surface area contributed by atoms with Crippen LogP contribution < -0.4 is 10.2 Å². The number of hydrogen-bond acceptors (Lipinski definition) is 6. The van der Waals surface area contributed by atoms with Crippen LogP contribution in [0.4, 0.5) is 5.82 Å². The van der Waals surface area contributed by atoms with Crippen molar-refractivity contribution in [1.29, 1.82) is 0 Å². The number of pyridine rings is 2. The molecule has 8 nitrogen and oxygen atoms in total. The van der Waals surface area contributed by atoms with Gasteiger partial charge >= 0.3 is 0 Å². The number of carbonyl (C=O) groups is 1. The minimum absolute atomic E-state index is 0.0394. The van der Waals surface area contributed by atoms with Crippen LogP contribution in [0.5, 0.6) is 0 Å². The number of carbonyl (C=O) groups excluding carboxylic acids is 1. The molecule has 0 radical (unpaired) electrons. The molecule has 4 aromatic rings. The Morgan fingerprint density at radius 2 is 2.03 bits per heavy atom. The lowest BCUT2D eigenvalue weighted by atomic mass is 10.00. The molecule has 1 aromatic carbocycles. The standard InChI is InChI=1S/C22H21N5O.C4H9NO/c1-15-14-28-12-11-27(15)20-13-18(16-5-3-2-4-6-16)17-7-9-23-22(21(17)25-20)19-8-10-24-26-19;1-3-5-4(2)6/h2-10,13,15H,11-12,14H2,1H3,(H,24,26);3H2,1-2H3,(H,5,6)/t15-;/m1./s1. The normalized spacial score (nSPS) is 15.5. The van der Waals surface area contributed by atoms with Gasteiger partial charge in [-0.25, -0.2) is 4.98 Å². The summed E-state index contributed by atoms with van der Waals surface area (Å²) in [5, 5.41) is 10.8. The number of aromatic nitrogens is 4. The third kappa shape index (κ3) is 5.23. The molecule has 5 rings (SSSR count). The summed E-state index contributed by atoms with van der Waals surface area (Å²) in [6.07, 6.45) is 3.57. The van der Waals surface area contributed by atoms with Crippen LogP contribution in [0.2, 0.25) is 0 Å². The number of morpholine rings is 1. The predicted molar refractivity (Wildman–Crippen MR) is 135 cm³/mol. The van der Waals surface area contributed by atoms with Gasteiger partial charge in [-0.05, 0) is 43.2 Å². The third-order valence-electron chi connectivity index (χ3n) is 5.64. The van der Waals surface area contributed by atoms with Crippen molar-refractivity contribution >= 4 is 22.6 Å². The number of nitrogens with zero attached hydrogens (tertiary/aromatic N) is 4. The second-order valence-corrected chi connectivity index (χ2v) is 8.12. The summed E-state index contributed by atoms with van der Waals surface area (Å²) in [7, 11) is 0. The molecule has 0 saturated carbocycles. The predicted octanol–water partition coefficient (Wildman–Crippen LogP) is 4.05. The SMILES string of the molecule is CCNC(C)=O.C[C@@H]1COCCN1c1cc(-c2ccccc2)c2ccnc(-c3ccn[nH]3)c2n1. The van der Waals surface area contributed by atoms with E-state index in [-0.39, 0.29) is 11.9 Å². The number of ether oxygens (including phenoxy) is 1. The van der Waals surface area contributed by atoms with Crippen LogP contribution in [0.15, 0.2) is 60.9 Å². The molecule has 0 bridgehead atoms. The van der Waals surface area contributed by atoms with Gasteiger partial charge in [0.25, 0.3) is 0 Å². The van der Waals surface area contributed by atoms with Gasteiger partial charge in [0.15, 0.2) is 0 Å². The van der Waals surface area contributed by atoms with Crippen LogP contribution in [0.1, 0.15) is 20.8 Å². The molecule has 0 spiro atoms. The van der Waals surface area contributed by atoms with E-state index in [1.807, 2.05) is 31.3 Å². The highest BCUT2D eigenvalue weighted by atomic mass is 16.5. The van der Waals surface area contributed by atoms with E-state index < -0.39 is 0 Å². The molecule has 176 valence electrons. The molecule has 1 aliphatic rings. The lowest BCUT2D eigenvalue weighted by molar-refractivity contribution is -0.118. The highest BCUT2D eigenvalue weighted by Crippen LogP contribution is 2.35. The quantitative estimate of drug-likeness (QED) is 0.479. The first-order chi connectivity index (χ1) is 16.6. The minimum Gasteiger partial charge on any atom is -0.377 e. The van der Waals surface area contributed by atoms with E-state index >= 15 is 0 Å². The van der Waals surface area contributed by atoms with Crippen molar-refractivity contribution in [2.45, 2.75) is 26.8 Å². The van der Waals surface area contributed by atoms with E-state index in [9.17, 15) is 4.79 Å². The fourth-order valence-electron chi connectivity index (χ4n) is 4.04. The molecular weight excluding hydrogens is 428 g/mol. The number of hydrogen-bond donors (Lipinski definition) is 2. The van der Waals surface area contributed by atoms with Gasteiger partial charge in [-0.2, -0.15) is 5.10 Å². The number of H-pyrrole nitrogens is 1. The van der Waals surface area contributed by atoms with Gasteiger partial charge in [-0.15, -0.1) is 0 Å². The maximum absolute atomic E-state index is 9.93. The van der Waals surface area contributed by atoms with E-state index in [2.05, 4.69) is 62.7 Å². The van der Waals surface area contributed by atoms with Crippen molar-refractivity contribution in [3.05, 3.63) is 60.9 Å². The van der Waals surface area contributed by atoms with Crippen molar-refractivity contribution in [3.8, 4) is 22.5 Å². The molecule has 1 saturated heterocycles. The summed E-state index contributed by atoms with van der Waals surface area (Å²) in [6.45, 7) is 8.55. The van der Waals surface area contributed by atoms with E-state index in [0.717, 1.165) is 46.8 Å². The zero-order chi connectivity index (χ0) is 23.9. The number of amides is 1. The molecule has 2 N–H and O–H groups in total. The first-order valence-corrected chi connectivity index (χ1v) is 11.5. The van der Waals surface area contributed by atoms with Gasteiger partial charge in [0.05, 0.1) is 24.9 Å². The van der Waals surface area contributed by atoms with Crippen LogP contribution >= 0.6 is 0 Å². The second-order valence-electron chi connectivity index (χ2n) is 8.12. The summed E-state index contributed by atoms with van der Waals surface area (Å²) in [5.74, 6) is 0.994. The van der Waals surface area contributed by atoms with Crippen molar-refractivity contribution in [2.24, 2.45) is 0 Å². The largest absolute Gasteiger partial charge is 0.377 e. The summed E-state index contributed by atoms with van der Waals surface area (Å²) >= 11 is 0. The molecule has 4 heterocycles. The van der Waals surface area contributed by atoms with Crippen LogP contribution in [-0.2, 0) is 9.53 Å². The summed E-state index contributed by atoms with van der Waals surface area (Å²) in [5.41, 5.74) is 4.88. The van der Waals surface area contributed by atoms with Crippen molar-refractivity contribution in [2.75, 3.05) is 31.2 Å². The van der Waals surface area contributed by atoms with Crippen LogP contribution in [0.25, 0.3) is 33.4 Å². The van der Waals surface area contributed by atoms with Gasteiger partial charge in [0, 0.05) is 37.8 Å². The number of rotatable bonds is 4. The van der Waals surface area contributed by atoms with Crippen LogP contribution in [0, 0.1) is 0 Å². The zero-order valence-electron chi connectivity index (χ0n) is 19.8. The maximum Gasteiger partial charge on any atom is 0.216 e. The smallest absolute Gasteiger partial charge is 0.216 e. The molecule has 1 amide bonds. The Morgan fingerprint density at radius 3 is 2.68 bits per heavy atom. The first kappa shape index (κ1) is 23.4. The van der Waals surface area contributed by atoms with Crippen molar-refractivity contribution < 1.29 is 9.53 Å². The van der Waals surface area contributed by atoms with E-state index in [1.54, 1.807) is 6.20 Å².